The van der Waals surface area contributed by atoms with Crippen molar-refractivity contribution in [3.63, 3.8) is 0 Å². The van der Waals surface area contributed by atoms with E-state index in [9.17, 15) is 30.8 Å². The number of nitrogens with one attached hydrogen (secondary N) is 1. The second kappa shape index (κ2) is 9.23. The zero-order chi connectivity index (χ0) is 22.6. The summed E-state index contributed by atoms with van der Waals surface area (Å²) in [6.45, 7) is -0.105. The molecule has 3 rings (SSSR count). The van der Waals surface area contributed by atoms with Gasteiger partial charge >= 0.3 is 6.18 Å². The molecule has 2 aromatic rings. The predicted molar refractivity (Wildman–Crippen MR) is 107 cm³/mol. The van der Waals surface area contributed by atoms with Crippen LogP contribution in [0.4, 0.5) is 23.2 Å². The van der Waals surface area contributed by atoms with E-state index in [0.717, 1.165) is 24.3 Å². The number of hydrogen-bond donors (Lipinski definition) is 1. The first-order valence-electron chi connectivity index (χ1n) is 9.50. The van der Waals surface area contributed by atoms with Crippen molar-refractivity contribution in [2.75, 3.05) is 37.4 Å². The summed E-state index contributed by atoms with van der Waals surface area (Å²) in [6, 6.07) is 10.1. The lowest BCUT2D eigenvalue weighted by atomic mass is 10.2. The third kappa shape index (κ3) is 6.41. The van der Waals surface area contributed by atoms with E-state index in [4.69, 9.17) is 0 Å². The van der Waals surface area contributed by atoms with Crippen molar-refractivity contribution in [1.82, 2.24) is 9.80 Å². The van der Waals surface area contributed by atoms with E-state index in [2.05, 4.69) is 4.72 Å². The zero-order valence-electron chi connectivity index (χ0n) is 16.4. The second-order valence-corrected chi connectivity index (χ2v) is 8.86. The van der Waals surface area contributed by atoms with Crippen molar-refractivity contribution in [3.05, 3.63) is 59.9 Å². The number of carbonyl (C=O) groups is 1. The Labute approximate surface area is 177 Å². The molecule has 0 spiro atoms. The molecular weight excluding hydrogens is 438 g/mol. The Hall–Kier alpha value is -2.66. The summed E-state index contributed by atoms with van der Waals surface area (Å²) in [7, 11) is -3.92. The maximum atomic E-state index is 13.0. The summed E-state index contributed by atoms with van der Waals surface area (Å²) in [5.74, 6) is -0.890. The first-order chi connectivity index (χ1) is 14.5. The van der Waals surface area contributed by atoms with Crippen molar-refractivity contribution < 1.29 is 30.8 Å². The number of halogens is 4. The van der Waals surface area contributed by atoms with Crippen LogP contribution in [0.5, 0.6) is 0 Å². The number of benzene rings is 2. The standard InChI is InChI=1S/C20H21F4N3O3S/c21-16-4-8-18(9-5-16)31(29,30)25-17-6-2-15(3-7-17)19(28)27-11-1-10-26(12-13-27)14-20(22,23)24/h2-9,25H,1,10-14H2. The van der Waals surface area contributed by atoms with Gasteiger partial charge in [-0.15, -0.1) is 0 Å². The number of sulfonamides is 1. The maximum absolute atomic E-state index is 13.0. The number of alkyl halides is 3. The highest BCUT2D eigenvalue weighted by atomic mass is 32.2. The molecule has 6 nitrogen and oxygen atoms in total. The molecule has 0 radical (unpaired) electrons. The van der Waals surface area contributed by atoms with Gasteiger partial charge in [0.1, 0.15) is 5.82 Å². The molecule has 168 valence electrons. The molecule has 1 saturated heterocycles. The van der Waals surface area contributed by atoms with Crippen molar-refractivity contribution in [1.29, 1.82) is 0 Å². The Balaban J connectivity index is 1.63. The Morgan fingerprint density at radius 1 is 0.935 bits per heavy atom. The van der Waals surface area contributed by atoms with Crippen LogP contribution in [0, 0.1) is 5.82 Å². The average molecular weight is 459 g/mol. The number of amides is 1. The van der Waals surface area contributed by atoms with Gasteiger partial charge in [-0.05, 0) is 55.0 Å². The zero-order valence-corrected chi connectivity index (χ0v) is 17.2. The van der Waals surface area contributed by atoms with Gasteiger partial charge in [0.15, 0.2) is 0 Å². The molecule has 11 heteroatoms. The normalized spacial score (nSPS) is 16.1. The molecule has 2 aromatic carbocycles. The fourth-order valence-electron chi connectivity index (χ4n) is 3.28. The number of carbonyl (C=O) groups excluding carboxylic acids is 1. The average Bonchev–Trinajstić information content (AvgIpc) is 2.92. The molecule has 1 N–H and O–H groups in total. The molecule has 0 atom stereocenters. The van der Waals surface area contributed by atoms with Crippen LogP contribution in [0.2, 0.25) is 0 Å². The topological polar surface area (TPSA) is 69.7 Å². The van der Waals surface area contributed by atoms with Gasteiger partial charge < -0.3 is 4.90 Å². The van der Waals surface area contributed by atoms with Crippen LogP contribution in [0.1, 0.15) is 16.8 Å². The van der Waals surface area contributed by atoms with Crippen LogP contribution in [0.15, 0.2) is 53.4 Å². The first kappa shape index (κ1) is 23.0. The quantitative estimate of drug-likeness (QED) is 0.697. The number of rotatable bonds is 5. The van der Waals surface area contributed by atoms with Gasteiger partial charge in [0, 0.05) is 37.4 Å². The number of anilines is 1. The molecule has 1 amide bonds. The number of nitrogens with zero attached hydrogens (tertiary/aromatic N) is 2. The Morgan fingerprint density at radius 3 is 2.19 bits per heavy atom. The fourth-order valence-corrected chi connectivity index (χ4v) is 4.34. The maximum Gasteiger partial charge on any atom is 0.401 e. The minimum atomic E-state index is -4.28. The third-order valence-corrected chi connectivity index (χ3v) is 6.18. The van der Waals surface area contributed by atoms with E-state index < -0.39 is 28.6 Å². The lowest BCUT2D eigenvalue weighted by Gasteiger charge is -2.23. The molecule has 0 saturated carbocycles. The smallest absolute Gasteiger partial charge is 0.337 e. The molecule has 1 fully saturated rings. The van der Waals surface area contributed by atoms with Crippen LogP contribution < -0.4 is 4.72 Å². The minimum absolute atomic E-state index is 0.109. The van der Waals surface area contributed by atoms with Crippen molar-refractivity contribution in [2.45, 2.75) is 17.5 Å². The van der Waals surface area contributed by atoms with Gasteiger partial charge in [-0.25, -0.2) is 12.8 Å². The first-order valence-corrected chi connectivity index (χ1v) is 11.0. The third-order valence-electron chi connectivity index (χ3n) is 4.79. The van der Waals surface area contributed by atoms with Gasteiger partial charge in [-0.1, -0.05) is 0 Å². The summed E-state index contributed by atoms with van der Waals surface area (Å²) < 4.78 is 77.8. The highest BCUT2D eigenvalue weighted by Crippen LogP contribution is 2.20. The molecule has 1 aliphatic rings. The SMILES string of the molecule is O=C(c1ccc(NS(=O)(=O)c2ccc(F)cc2)cc1)N1CCCN(CC(F)(F)F)CC1. The molecule has 0 aliphatic carbocycles. The van der Waals surface area contributed by atoms with Gasteiger partial charge in [0.2, 0.25) is 0 Å². The van der Waals surface area contributed by atoms with Crippen molar-refractivity contribution in [3.8, 4) is 0 Å². The van der Waals surface area contributed by atoms with Gasteiger partial charge in [-0.3, -0.25) is 14.4 Å². The monoisotopic (exact) mass is 459 g/mol. The summed E-state index contributed by atoms with van der Waals surface area (Å²) in [5.41, 5.74) is 0.516. The van der Waals surface area contributed by atoms with Gasteiger partial charge in [-0.2, -0.15) is 13.2 Å². The molecule has 0 unspecified atom stereocenters. The Kier molecular flexibility index (Phi) is 6.85. The predicted octanol–water partition coefficient (Wildman–Crippen LogP) is 3.34. The van der Waals surface area contributed by atoms with E-state index in [1.807, 2.05) is 0 Å². The summed E-state index contributed by atoms with van der Waals surface area (Å²) in [6.07, 6.45) is -3.85. The molecular formula is C20H21F4N3O3S. The molecule has 31 heavy (non-hydrogen) atoms. The number of hydrogen-bond acceptors (Lipinski definition) is 4. The molecule has 0 bridgehead atoms. The van der Waals surface area contributed by atoms with Gasteiger partial charge in [0.25, 0.3) is 15.9 Å². The Bertz CT molecular complexity index is 1010. The van der Waals surface area contributed by atoms with Crippen molar-refractivity contribution >= 4 is 21.6 Å². The van der Waals surface area contributed by atoms with E-state index in [1.54, 1.807) is 0 Å². The molecule has 1 aliphatic heterocycles. The van der Waals surface area contributed by atoms with Crippen molar-refractivity contribution in [2.24, 2.45) is 0 Å². The molecule has 1 heterocycles. The van der Waals surface area contributed by atoms with Crippen LogP contribution in [-0.4, -0.2) is 63.0 Å². The van der Waals surface area contributed by atoms with E-state index >= 15 is 0 Å². The highest BCUT2D eigenvalue weighted by Gasteiger charge is 2.32. The lowest BCUT2D eigenvalue weighted by molar-refractivity contribution is -0.145. The second-order valence-electron chi connectivity index (χ2n) is 7.17. The van der Waals surface area contributed by atoms with Crippen LogP contribution in [0.25, 0.3) is 0 Å². The van der Waals surface area contributed by atoms with Crippen LogP contribution >= 0.6 is 0 Å². The van der Waals surface area contributed by atoms with E-state index in [1.165, 1.54) is 34.1 Å². The van der Waals surface area contributed by atoms with E-state index in [0.29, 0.717) is 18.5 Å². The van der Waals surface area contributed by atoms with E-state index in [-0.39, 0.29) is 36.1 Å². The fraction of sp³-hybridized carbons (Fsp3) is 0.350. The van der Waals surface area contributed by atoms with Crippen LogP contribution in [-0.2, 0) is 10.0 Å². The molecule has 0 aromatic heterocycles. The highest BCUT2D eigenvalue weighted by molar-refractivity contribution is 7.92. The summed E-state index contributed by atoms with van der Waals surface area (Å²) in [4.78, 5) is 15.4. The summed E-state index contributed by atoms with van der Waals surface area (Å²) in [5, 5.41) is 0. The summed E-state index contributed by atoms with van der Waals surface area (Å²) >= 11 is 0. The van der Waals surface area contributed by atoms with Crippen LogP contribution in [0.3, 0.4) is 0 Å². The Morgan fingerprint density at radius 2 is 1.58 bits per heavy atom. The minimum Gasteiger partial charge on any atom is -0.337 e. The largest absolute Gasteiger partial charge is 0.401 e. The lowest BCUT2D eigenvalue weighted by Crippen LogP contribution is -2.38. The van der Waals surface area contributed by atoms with Gasteiger partial charge in [0.05, 0.1) is 11.4 Å².